The zero-order chi connectivity index (χ0) is 13.6. The second-order valence-corrected chi connectivity index (χ2v) is 7.50. The summed E-state index contributed by atoms with van der Waals surface area (Å²) in [6, 6.07) is 0. The van der Waals surface area contributed by atoms with Gasteiger partial charge in [0, 0.05) is 12.8 Å². The van der Waals surface area contributed by atoms with E-state index in [1.165, 1.54) is 12.8 Å². The number of halogens is 4. The van der Waals surface area contributed by atoms with Gasteiger partial charge in [0.05, 0.1) is 0 Å². The first-order valence-electron chi connectivity index (χ1n) is 7.56. The normalized spacial score (nSPS) is 51.9. The maximum atomic E-state index is 14.0. The van der Waals surface area contributed by atoms with Crippen LogP contribution in [0.4, 0.5) is 17.6 Å². The van der Waals surface area contributed by atoms with Gasteiger partial charge in [0.1, 0.15) is 0 Å². The number of fused-ring (bicyclic) bond motifs is 9. The smallest absolute Gasteiger partial charge is 0.200 e. The van der Waals surface area contributed by atoms with E-state index in [0.717, 1.165) is 18.8 Å². The van der Waals surface area contributed by atoms with Gasteiger partial charge >= 0.3 is 11.8 Å². The molecule has 0 amide bonds. The maximum Gasteiger partial charge on any atom is 0.312 e. The molecule has 0 aliphatic heterocycles. The largest absolute Gasteiger partial charge is 0.312 e. The summed E-state index contributed by atoms with van der Waals surface area (Å²) in [7, 11) is 0. The first-order chi connectivity index (χ1) is 8.80. The van der Waals surface area contributed by atoms with E-state index in [4.69, 9.17) is 0 Å². The van der Waals surface area contributed by atoms with Gasteiger partial charge in [-0.05, 0) is 67.6 Å². The number of rotatable bonds is 2. The van der Waals surface area contributed by atoms with Crippen LogP contribution < -0.4 is 0 Å². The summed E-state index contributed by atoms with van der Waals surface area (Å²) in [5.74, 6) is -6.37. The highest BCUT2D eigenvalue weighted by molar-refractivity contribution is 5.13. The van der Waals surface area contributed by atoms with E-state index >= 15 is 0 Å². The Morgan fingerprint density at radius 3 is 2.05 bits per heavy atom. The molecule has 0 nitrogen and oxygen atoms in total. The molecule has 0 aromatic carbocycles. The molecule has 4 saturated carbocycles. The summed E-state index contributed by atoms with van der Waals surface area (Å²) in [6.07, 6.45) is 4.71. The molecular formula is C15H20F4. The zero-order valence-electron chi connectivity index (χ0n) is 11.1. The van der Waals surface area contributed by atoms with Crippen molar-refractivity contribution in [1.29, 1.82) is 0 Å². The van der Waals surface area contributed by atoms with Crippen molar-refractivity contribution in [2.75, 3.05) is 0 Å². The van der Waals surface area contributed by atoms with E-state index in [1.54, 1.807) is 0 Å². The summed E-state index contributed by atoms with van der Waals surface area (Å²) in [6.45, 7) is 0.386. The molecule has 4 aliphatic carbocycles. The molecule has 0 heterocycles. The van der Waals surface area contributed by atoms with Crippen LogP contribution in [0.15, 0.2) is 0 Å². The molecule has 0 saturated heterocycles. The molecule has 7 unspecified atom stereocenters. The molecule has 0 aromatic rings. The Hall–Kier alpha value is -0.280. The van der Waals surface area contributed by atoms with Gasteiger partial charge in [-0.2, -0.15) is 8.78 Å². The molecule has 0 aromatic heterocycles. The number of hydrogen-bond acceptors (Lipinski definition) is 0. The maximum absolute atomic E-state index is 14.0. The van der Waals surface area contributed by atoms with Crippen LogP contribution in [0.25, 0.3) is 0 Å². The van der Waals surface area contributed by atoms with Gasteiger partial charge in [-0.15, -0.1) is 0 Å². The van der Waals surface area contributed by atoms with E-state index in [0.29, 0.717) is 37.0 Å². The molecule has 108 valence electrons. The van der Waals surface area contributed by atoms with Crippen LogP contribution in [-0.4, -0.2) is 11.8 Å². The monoisotopic (exact) mass is 276 g/mol. The van der Waals surface area contributed by atoms with Crippen molar-refractivity contribution in [2.24, 2.45) is 41.4 Å². The van der Waals surface area contributed by atoms with Gasteiger partial charge in [0.2, 0.25) is 0 Å². The first-order valence-corrected chi connectivity index (χ1v) is 7.56. The van der Waals surface area contributed by atoms with Crippen molar-refractivity contribution >= 4 is 0 Å². The van der Waals surface area contributed by atoms with E-state index in [2.05, 4.69) is 0 Å². The highest BCUT2D eigenvalue weighted by Gasteiger charge is 2.70. The van der Waals surface area contributed by atoms with Crippen LogP contribution in [0.3, 0.4) is 0 Å². The van der Waals surface area contributed by atoms with Crippen LogP contribution in [-0.2, 0) is 0 Å². The summed E-state index contributed by atoms with van der Waals surface area (Å²) in [5, 5.41) is 0. The van der Waals surface area contributed by atoms with Crippen molar-refractivity contribution in [1.82, 2.24) is 0 Å². The summed E-state index contributed by atoms with van der Waals surface area (Å²) in [5.41, 5.74) is 0. The molecule has 0 radical (unpaired) electrons. The Morgan fingerprint density at radius 1 is 0.789 bits per heavy atom. The Morgan fingerprint density at radius 2 is 1.42 bits per heavy atom. The fourth-order valence-corrected chi connectivity index (χ4v) is 6.31. The lowest BCUT2D eigenvalue weighted by molar-refractivity contribution is -0.240. The molecule has 4 rings (SSSR count). The highest BCUT2D eigenvalue weighted by atomic mass is 19.3. The zero-order valence-corrected chi connectivity index (χ0v) is 11.1. The Labute approximate surface area is 110 Å². The molecule has 19 heavy (non-hydrogen) atoms. The molecule has 4 aliphatic rings. The molecular weight excluding hydrogens is 256 g/mol. The van der Waals surface area contributed by atoms with Crippen LogP contribution in [0.5, 0.6) is 0 Å². The van der Waals surface area contributed by atoms with E-state index in [1.807, 2.05) is 0 Å². The second kappa shape index (κ2) is 3.48. The molecule has 4 fully saturated rings. The summed E-state index contributed by atoms with van der Waals surface area (Å²) in [4.78, 5) is 0. The minimum Gasteiger partial charge on any atom is -0.200 e. The van der Waals surface area contributed by atoms with Crippen molar-refractivity contribution in [3.8, 4) is 0 Å². The number of alkyl halides is 4. The lowest BCUT2D eigenvalue weighted by atomic mass is 9.65. The highest BCUT2D eigenvalue weighted by Crippen LogP contribution is 2.71. The predicted molar refractivity (Wildman–Crippen MR) is 63.1 cm³/mol. The standard InChI is InChI=1S/C15H20F4/c1-14(16,17)15(18,19)11-6-9-5-10(11)13-8-3-2-7(4-8)12(9)13/h7-13H,2-6H2,1H3. The van der Waals surface area contributed by atoms with Crippen LogP contribution >= 0.6 is 0 Å². The fourth-order valence-electron chi connectivity index (χ4n) is 6.31. The van der Waals surface area contributed by atoms with E-state index in [-0.39, 0.29) is 5.92 Å². The van der Waals surface area contributed by atoms with Gasteiger partial charge < -0.3 is 0 Å². The van der Waals surface area contributed by atoms with Gasteiger partial charge in [-0.1, -0.05) is 0 Å². The number of hydrogen-bond donors (Lipinski definition) is 0. The Kier molecular flexibility index (Phi) is 2.28. The minimum atomic E-state index is -3.88. The fraction of sp³-hybridized carbons (Fsp3) is 1.00. The molecule has 4 heteroatoms. The summed E-state index contributed by atoms with van der Waals surface area (Å²) < 4.78 is 54.6. The third-order valence-electron chi connectivity index (χ3n) is 6.78. The second-order valence-electron chi connectivity index (χ2n) is 7.50. The van der Waals surface area contributed by atoms with Crippen molar-refractivity contribution in [2.45, 2.75) is 50.9 Å². The quantitative estimate of drug-likeness (QED) is 0.511. The van der Waals surface area contributed by atoms with Crippen LogP contribution in [0, 0.1) is 41.4 Å². The van der Waals surface area contributed by atoms with E-state index < -0.39 is 17.8 Å². The third kappa shape index (κ3) is 1.41. The topological polar surface area (TPSA) is 0 Å². The SMILES string of the molecule is CC(F)(F)C(F)(F)C1CC2CC1C1C3CCC(C3)C21. The average molecular weight is 276 g/mol. The van der Waals surface area contributed by atoms with Crippen LogP contribution in [0.2, 0.25) is 0 Å². The van der Waals surface area contributed by atoms with Crippen molar-refractivity contribution in [3.63, 3.8) is 0 Å². The van der Waals surface area contributed by atoms with Crippen LogP contribution in [0.1, 0.15) is 39.0 Å². The average Bonchev–Trinajstić information content (AvgIpc) is 3.05. The Bertz CT molecular complexity index is 399. The van der Waals surface area contributed by atoms with Crippen molar-refractivity contribution < 1.29 is 17.6 Å². The molecule has 4 bridgehead atoms. The van der Waals surface area contributed by atoms with Gasteiger partial charge in [0.25, 0.3) is 0 Å². The molecule has 0 N–H and O–H groups in total. The van der Waals surface area contributed by atoms with Crippen molar-refractivity contribution in [3.05, 3.63) is 0 Å². The van der Waals surface area contributed by atoms with Gasteiger partial charge in [-0.25, -0.2) is 8.78 Å². The first kappa shape index (κ1) is 12.5. The van der Waals surface area contributed by atoms with Gasteiger partial charge in [-0.3, -0.25) is 0 Å². The minimum absolute atomic E-state index is 0.133. The molecule has 7 atom stereocenters. The molecule has 0 spiro atoms. The third-order valence-corrected chi connectivity index (χ3v) is 6.78. The lowest BCUT2D eigenvalue weighted by Gasteiger charge is -2.42. The van der Waals surface area contributed by atoms with Gasteiger partial charge in [0.15, 0.2) is 0 Å². The Balaban J connectivity index is 1.63. The lowest BCUT2D eigenvalue weighted by Crippen LogP contribution is -2.49. The van der Waals surface area contributed by atoms with E-state index in [9.17, 15) is 17.6 Å². The summed E-state index contributed by atoms with van der Waals surface area (Å²) >= 11 is 0. The predicted octanol–water partition coefficient (Wildman–Crippen LogP) is 4.60.